The molecule has 1 N–H and O–H groups in total. The third-order valence-electron chi connectivity index (χ3n) is 2.62. The van der Waals surface area contributed by atoms with Crippen LogP contribution in [-0.4, -0.2) is 29.2 Å². The molecule has 0 bridgehead atoms. The second-order valence-electron chi connectivity index (χ2n) is 4.25. The van der Waals surface area contributed by atoms with E-state index in [1.165, 1.54) is 6.07 Å². The Balaban J connectivity index is 3.16. The molecule has 0 unspecified atom stereocenters. The van der Waals surface area contributed by atoms with Gasteiger partial charge in [-0.3, -0.25) is 10.1 Å². The molecule has 1 aromatic rings. The van der Waals surface area contributed by atoms with E-state index >= 15 is 0 Å². The number of rotatable bonds is 6. The van der Waals surface area contributed by atoms with E-state index in [0.717, 1.165) is 12.1 Å². The summed E-state index contributed by atoms with van der Waals surface area (Å²) in [6.45, 7) is 4.17. The highest BCUT2D eigenvalue weighted by Crippen LogP contribution is 2.30. The summed E-state index contributed by atoms with van der Waals surface area (Å²) in [4.78, 5) is 12.1. The van der Waals surface area contributed by atoms with Crippen molar-refractivity contribution in [3.05, 3.63) is 34.1 Å². The van der Waals surface area contributed by atoms with Crippen LogP contribution in [0.1, 0.15) is 20.3 Å². The molecule has 5 nitrogen and oxygen atoms in total. The summed E-state index contributed by atoms with van der Waals surface area (Å²) < 4.78 is 13.3. The van der Waals surface area contributed by atoms with Crippen molar-refractivity contribution in [1.82, 2.24) is 0 Å². The number of anilines is 1. The van der Waals surface area contributed by atoms with Gasteiger partial charge in [0.2, 0.25) is 0 Å². The van der Waals surface area contributed by atoms with Crippen molar-refractivity contribution in [3.63, 3.8) is 0 Å². The van der Waals surface area contributed by atoms with Crippen LogP contribution in [0.25, 0.3) is 0 Å². The van der Waals surface area contributed by atoms with Crippen molar-refractivity contribution < 1.29 is 14.4 Å². The van der Waals surface area contributed by atoms with Crippen molar-refractivity contribution in [1.29, 1.82) is 0 Å². The Morgan fingerprint density at radius 3 is 2.67 bits per heavy atom. The van der Waals surface area contributed by atoms with Gasteiger partial charge in [-0.25, -0.2) is 4.39 Å². The Kier molecular flexibility index (Phi) is 5.03. The van der Waals surface area contributed by atoms with E-state index in [1.807, 2.05) is 13.8 Å². The van der Waals surface area contributed by atoms with E-state index in [0.29, 0.717) is 13.0 Å². The molecule has 0 atom stereocenters. The summed E-state index contributed by atoms with van der Waals surface area (Å²) in [5.41, 5.74) is 0.131. The van der Waals surface area contributed by atoms with Crippen molar-refractivity contribution >= 4 is 11.4 Å². The van der Waals surface area contributed by atoms with Gasteiger partial charge in [0, 0.05) is 31.3 Å². The maximum Gasteiger partial charge on any atom is 0.292 e. The molecule has 6 heteroatoms. The molecule has 0 amide bonds. The first-order chi connectivity index (χ1) is 8.47. The lowest BCUT2D eigenvalue weighted by Gasteiger charge is -2.28. The largest absolute Gasteiger partial charge is 0.396 e. The number of benzene rings is 1. The van der Waals surface area contributed by atoms with E-state index in [-0.39, 0.29) is 24.0 Å². The van der Waals surface area contributed by atoms with Crippen molar-refractivity contribution in [3.8, 4) is 0 Å². The van der Waals surface area contributed by atoms with E-state index in [2.05, 4.69) is 0 Å². The molecular formula is C12H17FN2O3. The smallest absolute Gasteiger partial charge is 0.292 e. The zero-order chi connectivity index (χ0) is 13.7. The third kappa shape index (κ3) is 3.40. The molecule has 0 aliphatic carbocycles. The molecule has 1 aromatic carbocycles. The van der Waals surface area contributed by atoms with Crippen LogP contribution in [0.3, 0.4) is 0 Å². The van der Waals surface area contributed by atoms with Gasteiger partial charge in [0.1, 0.15) is 11.5 Å². The third-order valence-corrected chi connectivity index (χ3v) is 2.62. The first kappa shape index (κ1) is 14.4. The van der Waals surface area contributed by atoms with Gasteiger partial charge in [-0.2, -0.15) is 0 Å². The van der Waals surface area contributed by atoms with Crippen LogP contribution in [0.4, 0.5) is 15.8 Å². The molecule has 100 valence electrons. The van der Waals surface area contributed by atoms with E-state index in [4.69, 9.17) is 5.11 Å². The lowest BCUT2D eigenvalue weighted by Crippen LogP contribution is -2.32. The molecule has 1 rings (SSSR count). The predicted octanol–water partition coefficient (Wildman–Crippen LogP) is 2.33. The minimum Gasteiger partial charge on any atom is -0.396 e. The maximum atomic E-state index is 13.3. The van der Waals surface area contributed by atoms with Crippen LogP contribution in [0.2, 0.25) is 0 Å². The second-order valence-corrected chi connectivity index (χ2v) is 4.25. The van der Waals surface area contributed by atoms with Crippen LogP contribution in [0.5, 0.6) is 0 Å². The van der Waals surface area contributed by atoms with Crippen molar-refractivity contribution in [2.75, 3.05) is 18.1 Å². The Hall–Kier alpha value is -1.69. The molecule has 0 radical (unpaired) electrons. The lowest BCUT2D eigenvalue weighted by molar-refractivity contribution is -0.384. The summed E-state index contributed by atoms with van der Waals surface area (Å²) in [5.74, 6) is -0.509. The summed E-state index contributed by atoms with van der Waals surface area (Å²) in [6.07, 6.45) is 0.478. The van der Waals surface area contributed by atoms with Gasteiger partial charge in [0.15, 0.2) is 0 Å². The fourth-order valence-corrected chi connectivity index (χ4v) is 1.78. The van der Waals surface area contributed by atoms with Gasteiger partial charge >= 0.3 is 0 Å². The van der Waals surface area contributed by atoms with Gasteiger partial charge in [-0.1, -0.05) is 0 Å². The van der Waals surface area contributed by atoms with Crippen LogP contribution < -0.4 is 4.90 Å². The van der Waals surface area contributed by atoms with Gasteiger partial charge in [0.25, 0.3) is 5.69 Å². The Morgan fingerprint density at radius 2 is 2.17 bits per heavy atom. The van der Waals surface area contributed by atoms with Crippen LogP contribution >= 0.6 is 0 Å². The molecule has 0 aromatic heterocycles. The molecule has 0 saturated heterocycles. The highest BCUT2D eigenvalue weighted by atomic mass is 19.1. The summed E-state index contributed by atoms with van der Waals surface area (Å²) >= 11 is 0. The summed E-state index contributed by atoms with van der Waals surface area (Å²) in [7, 11) is 0. The quantitative estimate of drug-likeness (QED) is 0.626. The normalized spacial score (nSPS) is 10.7. The SMILES string of the molecule is CC(C)N(CCCO)c1cc(F)ccc1[N+](=O)[O-]. The summed E-state index contributed by atoms with van der Waals surface area (Å²) in [6, 6.07) is 3.39. The minimum atomic E-state index is -0.525. The monoisotopic (exact) mass is 256 g/mol. The number of hydrogen-bond acceptors (Lipinski definition) is 4. The number of aliphatic hydroxyl groups excluding tert-OH is 1. The molecule has 0 fully saturated rings. The van der Waals surface area contributed by atoms with E-state index in [1.54, 1.807) is 4.90 Å². The maximum absolute atomic E-state index is 13.3. The topological polar surface area (TPSA) is 66.6 Å². The number of nitro groups is 1. The number of nitrogens with zero attached hydrogens (tertiary/aromatic N) is 2. The molecule has 0 aliphatic rings. The van der Waals surface area contributed by atoms with Gasteiger partial charge < -0.3 is 10.0 Å². The Morgan fingerprint density at radius 1 is 1.50 bits per heavy atom. The zero-order valence-corrected chi connectivity index (χ0v) is 10.5. The second kappa shape index (κ2) is 6.30. The first-order valence-electron chi connectivity index (χ1n) is 5.78. The standard InChI is InChI=1S/C12H17FN2O3/c1-9(2)14(6-3-7-16)12-8-10(13)4-5-11(12)15(17)18/h4-5,8-9,16H,3,6-7H2,1-2H3. The molecule has 18 heavy (non-hydrogen) atoms. The first-order valence-corrected chi connectivity index (χ1v) is 5.78. The van der Waals surface area contributed by atoms with Gasteiger partial charge in [-0.15, -0.1) is 0 Å². The average molecular weight is 256 g/mol. The van der Waals surface area contributed by atoms with E-state index < -0.39 is 10.7 Å². The number of hydrogen-bond donors (Lipinski definition) is 1. The number of aliphatic hydroxyl groups is 1. The van der Waals surface area contributed by atoms with Gasteiger partial charge in [-0.05, 0) is 26.3 Å². The van der Waals surface area contributed by atoms with Crippen LogP contribution in [0, 0.1) is 15.9 Å². The Bertz CT molecular complexity index is 424. The van der Waals surface area contributed by atoms with Crippen molar-refractivity contribution in [2.45, 2.75) is 26.3 Å². The van der Waals surface area contributed by atoms with E-state index in [9.17, 15) is 14.5 Å². The lowest BCUT2D eigenvalue weighted by atomic mass is 10.2. The molecule has 0 aliphatic heterocycles. The predicted molar refractivity (Wildman–Crippen MR) is 67.2 cm³/mol. The van der Waals surface area contributed by atoms with Crippen LogP contribution in [0.15, 0.2) is 18.2 Å². The number of halogens is 1. The average Bonchev–Trinajstić information content (AvgIpc) is 2.28. The minimum absolute atomic E-state index is 0.00761. The molecule has 0 heterocycles. The summed E-state index contributed by atoms with van der Waals surface area (Å²) in [5, 5.41) is 19.8. The fourth-order valence-electron chi connectivity index (χ4n) is 1.78. The highest BCUT2D eigenvalue weighted by Gasteiger charge is 2.21. The van der Waals surface area contributed by atoms with Crippen LogP contribution in [-0.2, 0) is 0 Å². The Labute approximate surface area is 105 Å². The zero-order valence-electron chi connectivity index (χ0n) is 10.5. The molecule has 0 saturated carbocycles. The fraction of sp³-hybridized carbons (Fsp3) is 0.500. The molecule has 0 spiro atoms. The highest BCUT2D eigenvalue weighted by molar-refractivity contribution is 5.63. The number of nitro benzene ring substituents is 1. The molecular weight excluding hydrogens is 239 g/mol. The van der Waals surface area contributed by atoms with Gasteiger partial charge in [0.05, 0.1) is 4.92 Å². The van der Waals surface area contributed by atoms with Crippen molar-refractivity contribution in [2.24, 2.45) is 0 Å².